The summed E-state index contributed by atoms with van der Waals surface area (Å²) >= 11 is 9.00. The van der Waals surface area contributed by atoms with Crippen LogP contribution < -0.4 is 15.8 Å². The molecule has 0 saturated carbocycles. The number of rotatable bonds is 5. The number of hydrogen-bond acceptors (Lipinski definition) is 4. The molecule has 3 amide bonds. The Balaban J connectivity index is 2.67. The molecule has 0 fully saturated rings. The SMILES string of the molecule is NC(=O)NC(=O)CCNS(=O)(=O)c1ccc(Br)cc1Cl. The van der Waals surface area contributed by atoms with Gasteiger partial charge in [-0.25, -0.2) is 17.9 Å². The topological polar surface area (TPSA) is 118 Å². The smallest absolute Gasteiger partial charge is 0.318 e. The molecule has 110 valence electrons. The van der Waals surface area contributed by atoms with Gasteiger partial charge in [0.05, 0.1) is 5.02 Å². The second kappa shape index (κ2) is 7.02. The van der Waals surface area contributed by atoms with Gasteiger partial charge in [-0.3, -0.25) is 10.1 Å². The lowest BCUT2D eigenvalue weighted by atomic mass is 10.4. The molecule has 0 bridgehead atoms. The van der Waals surface area contributed by atoms with Crippen molar-refractivity contribution in [3.8, 4) is 0 Å². The minimum atomic E-state index is -3.83. The zero-order chi connectivity index (χ0) is 15.3. The fraction of sp³-hybridized carbons (Fsp3) is 0.200. The van der Waals surface area contributed by atoms with Crippen LogP contribution in [0.3, 0.4) is 0 Å². The van der Waals surface area contributed by atoms with E-state index in [1.165, 1.54) is 18.2 Å². The molecule has 7 nitrogen and oxygen atoms in total. The molecule has 0 saturated heterocycles. The molecule has 0 aliphatic heterocycles. The predicted octanol–water partition coefficient (Wildman–Crippen LogP) is 0.966. The Bertz CT molecular complexity index is 635. The third-order valence-corrected chi connectivity index (χ3v) is 4.53. The number of imide groups is 1. The first kappa shape index (κ1) is 16.9. The quantitative estimate of drug-likeness (QED) is 0.700. The van der Waals surface area contributed by atoms with Gasteiger partial charge in [-0.15, -0.1) is 0 Å². The fourth-order valence-corrected chi connectivity index (χ4v) is 3.34. The molecule has 0 aliphatic rings. The average molecular weight is 385 g/mol. The molecule has 1 aromatic carbocycles. The number of halogens is 2. The van der Waals surface area contributed by atoms with Gasteiger partial charge in [0.25, 0.3) is 0 Å². The van der Waals surface area contributed by atoms with Crippen LogP contribution in [0.4, 0.5) is 4.79 Å². The molecule has 4 N–H and O–H groups in total. The van der Waals surface area contributed by atoms with Crippen molar-refractivity contribution >= 4 is 49.5 Å². The lowest BCUT2D eigenvalue weighted by Gasteiger charge is -2.08. The number of primary amides is 1. The molecular formula is C10H11BrClN3O4S. The molecule has 0 radical (unpaired) electrons. The molecule has 20 heavy (non-hydrogen) atoms. The van der Waals surface area contributed by atoms with Gasteiger partial charge in [0, 0.05) is 17.4 Å². The van der Waals surface area contributed by atoms with E-state index in [9.17, 15) is 18.0 Å². The van der Waals surface area contributed by atoms with Crippen LogP contribution in [0.25, 0.3) is 0 Å². The summed E-state index contributed by atoms with van der Waals surface area (Å²) in [5.41, 5.74) is 4.74. The summed E-state index contributed by atoms with van der Waals surface area (Å²) in [5, 5.41) is 1.87. The second-order valence-electron chi connectivity index (χ2n) is 3.63. The Labute approximate surface area is 129 Å². The van der Waals surface area contributed by atoms with Crippen molar-refractivity contribution < 1.29 is 18.0 Å². The summed E-state index contributed by atoms with van der Waals surface area (Å²) in [6.07, 6.45) is -0.226. The molecule has 0 heterocycles. The van der Waals surface area contributed by atoms with E-state index >= 15 is 0 Å². The summed E-state index contributed by atoms with van der Waals surface area (Å²) in [7, 11) is -3.83. The number of nitrogens with two attached hydrogens (primary N) is 1. The number of carbonyl (C=O) groups is 2. The largest absolute Gasteiger partial charge is 0.351 e. The molecular weight excluding hydrogens is 374 g/mol. The van der Waals surface area contributed by atoms with Crippen molar-refractivity contribution in [1.29, 1.82) is 0 Å². The van der Waals surface area contributed by atoms with Gasteiger partial charge >= 0.3 is 6.03 Å². The summed E-state index contributed by atoms with van der Waals surface area (Å²) in [6.45, 7) is -0.187. The maximum Gasteiger partial charge on any atom is 0.318 e. The summed E-state index contributed by atoms with van der Waals surface area (Å²) in [5.74, 6) is -0.679. The first-order chi connectivity index (χ1) is 9.22. The highest BCUT2D eigenvalue weighted by Crippen LogP contribution is 2.24. The zero-order valence-electron chi connectivity index (χ0n) is 10.0. The summed E-state index contributed by atoms with van der Waals surface area (Å²) in [4.78, 5) is 21.4. The van der Waals surface area contributed by atoms with Crippen LogP contribution >= 0.6 is 27.5 Å². The minimum absolute atomic E-state index is 0.0495. The number of sulfonamides is 1. The van der Waals surface area contributed by atoms with Crippen LogP contribution in [0.2, 0.25) is 5.02 Å². The molecule has 0 spiro atoms. The average Bonchev–Trinajstić information content (AvgIpc) is 2.26. The standard InChI is InChI=1S/C10H11BrClN3O4S/c11-6-1-2-8(7(12)5-6)20(18,19)14-4-3-9(16)15-10(13)17/h1-2,5,14H,3-4H2,(H3,13,15,16,17). The molecule has 0 unspecified atom stereocenters. The van der Waals surface area contributed by atoms with Gasteiger partial charge in [0.1, 0.15) is 4.90 Å². The van der Waals surface area contributed by atoms with Crippen molar-refractivity contribution in [3.63, 3.8) is 0 Å². The van der Waals surface area contributed by atoms with Gasteiger partial charge in [-0.1, -0.05) is 27.5 Å². The zero-order valence-corrected chi connectivity index (χ0v) is 13.2. The molecule has 1 rings (SSSR count). The molecule has 10 heteroatoms. The molecule has 1 aromatic rings. The number of benzene rings is 1. The van der Waals surface area contributed by atoms with Gasteiger partial charge in [0.2, 0.25) is 15.9 Å². The lowest BCUT2D eigenvalue weighted by molar-refractivity contribution is -0.119. The second-order valence-corrected chi connectivity index (χ2v) is 6.69. The van der Waals surface area contributed by atoms with E-state index in [1.807, 2.05) is 5.32 Å². The highest BCUT2D eigenvalue weighted by molar-refractivity contribution is 9.10. The molecule has 0 atom stereocenters. The van der Waals surface area contributed by atoms with Gasteiger partial charge in [0.15, 0.2) is 0 Å². The maximum atomic E-state index is 11.9. The molecule has 0 aliphatic carbocycles. The van der Waals surface area contributed by atoms with Gasteiger partial charge in [-0.05, 0) is 18.2 Å². The third kappa shape index (κ3) is 5.08. The van der Waals surface area contributed by atoms with E-state index in [0.29, 0.717) is 4.47 Å². The first-order valence-corrected chi connectivity index (χ1v) is 7.92. The third-order valence-electron chi connectivity index (χ3n) is 2.09. The van der Waals surface area contributed by atoms with E-state index in [4.69, 9.17) is 17.3 Å². The normalized spacial score (nSPS) is 11.1. The van der Waals surface area contributed by atoms with Crippen LogP contribution in [0.15, 0.2) is 27.6 Å². The number of carbonyl (C=O) groups excluding carboxylic acids is 2. The van der Waals surface area contributed by atoms with Crippen molar-refractivity contribution in [3.05, 3.63) is 27.7 Å². The fourth-order valence-electron chi connectivity index (χ4n) is 1.27. The van der Waals surface area contributed by atoms with Crippen molar-refractivity contribution in [2.75, 3.05) is 6.54 Å². The summed E-state index contributed by atoms with van der Waals surface area (Å²) < 4.78 is 26.7. The Morgan fingerprint density at radius 3 is 2.55 bits per heavy atom. The monoisotopic (exact) mass is 383 g/mol. The van der Waals surface area contributed by atoms with Crippen molar-refractivity contribution in [2.45, 2.75) is 11.3 Å². The van der Waals surface area contributed by atoms with Gasteiger partial charge in [-0.2, -0.15) is 0 Å². The predicted molar refractivity (Wildman–Crippen MR) is 76.7 cm³/mol. The Hall–Kier alpha value is -1.16. The molecule has 0 aromatic heterocycles. The Kier molecular flexibility index (Phi) is 5.93. The minimum Gasteiger partial charge on any atom is -0.351 e. The highest BCUT2D eigenvalue weighted by Gasteiger charge is 2.18. The highest BCUT2D eigenvalue weighted by atomic mass is 79.9. The number of amides is 3. The Morgan fingerprint density at radius 1 is 1.35 bits per heavy atom. The number of nitrogens with one attached hydrogen (secondary N) is 2. The van der Waals surface area contributed by atoms with Crippen LogP contribution in [0.1, 0.15) is 6.42 Å². The number of urea groups is 1. The lowest BCUT2D eigenvalue weighted by Crippen LogP contribution is -2.37. The van der Waals surface area contributed by atoms with E-state index < -0.39 is 22.0 Å². The maximum absolute atomic E-state index is 11.9. The van der Waals surface area contributed by atoms with Gasteiger partial charge < -0.3 is 5.73 Å². The van der Waals surface area contributed by atoms with E-state index in [-0.39, 0.29) is 22.9 Å². The van der Waals surface area contributed by atoms with Crippen LogP contribution in [0, 0.1) is 0 Å². The van der Waals surface area contributed by atoms with Crippen LogP contribution in [0.5, 0.6) is 0 Å². The first-order valence-electron chi connectivity index (χ1n) is 5.26. The Morgan fingerprint density at radius 2 is 2.00 bits per heavy atom. The van der Waals surface area contributed by atoms with Crippen molar-refractivity contribution in [2.24, 2.45) is 5.73 Å². The van der Waals surface area contributed by atoms with E-state index in [2.05, 4.69) is 20.7 Å². The summed E-state index contributed by atoms with van der Waals surface area (Å²) in [6, 6.07) is 3.31. The van der Waals surface area contributed by atoms with E-state index in [0.717, 1.165) is 0 Å². The van der Waals surface area contributed by atoms with Crippen molar-refractivity contribution in [1.82, 2.24) is 10.0 Å². The number of hydrogen-bond donors (Lipinski definition) is 3. The van der Waals surface area contributed by atoms with E-state index in [1.54, 1.807) is 0 Å². The van der Waals surface area contributed by atoms with Crippen LogP contribution in [-0.2, 0) is 14.8 Å². The van der Waals surface area contributed by atoms with Crippen LogP contribution in [-0.4, -0.2) is 26.9 Å².